The second-order valence-electron chi connectivity index (χ2n) is 5.72. The van der Waals surface area contributed by atoms with Gasteiger partial charge in [-0.3, -0.25) is 9.59 Å². The molecular formula is C18H17Cl2N3O2. The molecule has 2 N–H and O–H groups in total. The molecule has 130 valence electrons. The molecule has 25 heavy (non-hydrogen) atoms. The molecule has 0 aliphatic carbocycles. The molecule has 2 amide bonds. The number of anilines is 3. The van der Waals surface area contributed by atoms with Crippen molar-refractivity contribution >= 4 is 52.1 Å². The maximum Gasteiger partial charge on any atom is 0.243 e. The molecule has 7 heteroatoms. The van der Waals surface area contributed by atoms with Crippen LogP contribution in [0.1, 0.15) is 12.8 Å². The first-order valence-electron chi connectivity index (χ1n) is 7.92. The van der Waals surface area contributed by atoms with Gasteiger partial charge >= 0.3 is 0 Å². The van der Waals surface area contributed by atoms with Gasteiger partial charge in [0.1, 0.15) is 0 Å². The second-order valence-corrected chi connectivity index (χ2v) is 6.57. The van der Waals surface area contributed by atoms with Crippen LogP contribution in [0.5, 0.6) is 0 Å². The van der Waals surface area contributed by atoms with Gasteiger partial charge in [-0.1, -0.05) is 23.2 Å². The highest BCUT2D eigenvalue weighted by Crippen LogP contribution is 2.25. The van der Waals surface area contributed by atoms with Gasteiger partial charge in [0.05, 0.1) is 17.3 Å². The summed E-state index contributed by atoms with van der Waals surface area (Å²) >= 11 is 12.0. The normalized spacial score (nSPS) is 13.8. The Bertz CT molecular complexity index is 793. The van der Waals surface area contributed by atoms with Crippen LogP contribution in [0.25, 0.3) is 0 Å². The van der Waals surface area contributed by atoms with Gasteiger partial charge in [-0.05, 0) is 48.9 Å². The lowest BCUT2D eigenvalue weighted by atomic mass is 10.2. The number of halogens is 2. The van der Waals surface area contributed by atoms with Crippen molar-refractivity contribution in [1.29, 1.82) is 0 Å². The van der Waals surface area contributed by atoms with E-state index in [9.17, 15) is 9.59 Å². The molecule has 1 saturated heterocycles. The minimum absolute atomic E-state index is 0.0619. The van der Waals surface area contributed by atoms with E-state index >= 15 is 0 Å². The van der Waals surface area contributed by atoms with Crippen molar-refractivity contribution < 1.29 is 9.59 Å². The van der Waals surface area contributed by atoms with Crippen molar-refractivity contribution in [2.75, 3.05) is 28.6 Å². The third-order valence-electron chi connectivity index (χ3n) is 3.90. The highest BCUT2D eigenvalue weighted by Gasteiger charge is 2.21. The molecule has 5 nitrogen and oxygen atoms in total. The summed E-state index contributed by atoms with van der Waals surface area (Å²) in [5, 5.41) is 6.79. The number of benzene rings is 2. The van der Waals surface area contributed by atoms with E-state index in [1.54, 1.807) is 35.2 Å². The van der Waals surface area contributed by atoms with Gasteiger partial charge in [-0.2, -0.15) is 0 Å². The Morgan fingerprint density at radius 1 is 1.12 bits per heavy atom. The van der Waals surface area contributed by atoms with Crippen LogP contribution in [0.3, 0.4) is 0 Å². The molecule has 1 fully saturated rings. The molecule has 2 aromatic rings. The molecule has 2 aromatic carbocycles. The number of rotatable bonds is 5. The number of carbonyl (C=O) groups excluding carboxylic acids is 2. The van der Waals surface area contributed by atoms with Gasteiger partial charge < -0.3 is 15.5 Å². The van der Waals surface area contributed by atoms with Gasteiger partial charge in [0.25, 0.3) is 0 Å². The van der Waals surface area contributed by atoms with E-state index in [-0.39, 0.29) is 18.4 Å². The second kappa shape index (κ2) is 7.76. The predicted octanol–water partition coefficient (Wildman–Crippen LogP) is 4.17. The SMILES string of the molecule is O=C(CNc1cc(Cl)ccc1Cl)Nc1ccc(N2CCCC2=O)cc1. The molecule has 0 radical (unpaired) electrons. The quantitative estimate of drug-likeness (QED) is 0.821. The average Bonchev–Trinajstić information content (AvgIpc) is 3.02. The average molecular weight is 378 g/mol. The Morgan fingerprint density at radius 2 is 1.88 bits per heavy atom. The molecule has 0 bridgehead atoms. The van der Waals surface area contributed by atoms with Crippen molar-refractivity contribution in [3.63, 3.8) is 0 Å². The summed E-state index contributed by atoms with van der Waals surface area (Å²) in [6, 6.07) is 12.2. The number of nitrogens with zero attached hydrogens (tertiary/aromatic N) is 1. The van der Waals surface area contributed by atoms with Gasteiger partial charge in [-0.15, -0.1) is 0 Å². The Labute approximate surface area is 155 Å². The first-order chi connectivity index (χ1) is 12.0. The van der Waals surface area contributed by atoms with Crippen LogP contribution in [0.4, 0.5) is 17.1 Å². The zero-order valence-electron chi connectivity index (χ0n) is 13.4. The Kier molecular flexibility index (Phi) is 5.46. The summed E-state index contributed by atoms with van der Waals surface area (Å²) < 4.78 is 0. The molecule has 0 saturated carbocycles. The van der Waals surface area contributed by atoms with Crippen LogP contribution >= 0.6 is 23.2 Å². The van der Waals surface area contributed by atoms with E-state index in [0.717, 1.165) is 18.7 Å². The Hall–Kier alpha value is -2.24. The van der Waals surface area contributed by atoms with Crippen molar-refractivity contribution in [1.82, 2.24) is 0 Å². The first-order valence-corrected chi connectivity index (χ1v) is 8.68. The van der Waals surface area contributed by atoms with Crippen LogP contribution < -0.4 is 15.5 Å². The molecule has 0 unspecified atom stereocenters. The van der Waals surface area contributed by atoms with E-state index in [2.05, 4.69) is 10.6 Å². The van der Waals surface area contributed by atoms with E-state index < -0.39 is 0 Å². The number of hydrogen-bond donors (Lipinski definition) is 2. The standard InChI is InChI=1S/C18H17Cl2N3O2/c19-12-3-8-15(20)16(10-12)21-11-17(24)22-13-4-6-14(7-5-13)23-9-1-2-18(23)25/h3-8,10,21H,1-2,9,11H2,(H,22,24). The first kappa shape index (κ1) is 17.6. The van der Waals surface area contributed by atoms with Crippen molar-refractivity contribution in [2.24, 2.45) is 0 Å². The number of hydrogen-bond acceptors (Lipinski definition) is 3. The van der Waals surface area contributed by atoms with Crippen LogP contribution in [0.15, 0.2) is 42.5 Å². The summed E-state index contributed by atoms with van der Waals surface area (Å²) in [5.74, 6) is -0.0690. The molecular weight excluding hydrogens is 361 g/mol. The third-order valence-corrected chi connectivity index (χ3v) is 4.47. The zero-order valence-corrected chi connectivity index (χ0v) is 14.9. The third kappa shape index (κ3) is 4.44. The summed E-state index contributed by atoms with van der Waals surface area (Å²) in [4.78, 5) is 25.6. The summed E-state index contributed by atoms with van der Waals surface area (Å²) in [7, 11) is 0. The fourth-order valence-electron chi connectivity index (χ4n) is 2.66. The molecule has 0 aromatic heterocycles. The van der Waals surface area contributed by atoms with Crippen molar-refractivity contribution in [3.8, 4) is 0 Å². The van der Waals surface area contributed by atoms with E-state index in [4.69, 9.17) is 23.2 Å². The number of amides is 2. The van der Waals surface area contributed by atoms with Crippen molar-refractivity contribution in [2.45, 2.75) is 12.8 Å². The Morgan fingerprint density at radius 3 is 2.56 bits per heavy atom. The van der Waals surface area contributed by atoms with Gasteiger partial charge in [-0.25, -0.2) is 0 Å². The predicted molar refractivity (Wildman–Crippen MR) is 102 cm³/mol. The van der Waals surface area contributed by atoms with Gasteiger partial charge in [0.2, 0.25) is 11.8 Å². The van der Waals surface area contributed by atoms with Crippen LogP contribution in [-0.4, -0.2) is 24.9 Å². The van der Waals surface area contributed by atoms with Crippen molar-refractivity contribution in [3.05, 3.63) is 52.5 Å². The molecule has 0 atom stereocenters. The monoisotopic (exact) mass is 377 g/mol. The molecule has 1 heterocycles. The van der Waals surface area contributed by atoms with Crippen LogP contribution in [0, 0.1) is 0 Å². The fourth-order valence-corrected chi connectivity index (χ4v) is 3.02. The zero-order chi connectivity index (χ0) is 17.8. The lowest BCUT2D eigenvalue weighted by molar-refractivity contribution is -0.117. The maximum atomic E-state index is 12.1. The smallest absolute Gasteiger partial charge is 0.243 e. The highest BCUT2D eigenvalue weighted by molar-refractivity contribution is 6.35. The topological polar surface area (TPSA) is 61.4 Å². The van der Waals surface area contributed by atoms with Gasteiger partial charge in [0, 0.05) is 29.4 Å². The van der Waals surface area contributed by atoms with Crippen LogP contribution in [0.2, 0.25) is 10.0 Å². The largest absolute Gasteiger partial charge is 0.375 e. The highest BCUT2D eigenvalue weighted by atomic mass is 35.5. The fraction of sp³-hybridized carbons (Fsp3) is 0.222. The minimum atomic E-state index is -0.207. The molecule has 0 spiro atoms. The van der Waals surface area contributed by atoms with Crippen LogP contribution in [-0.2, 0) is 9.59 Å². The molecule has 3 rings (SSSR count). The van der Waals surface area contributed by atoms with E-state index in [1.807, 2.05) is 12.1 Å². The molecule has 1 aliphatic rings. The lowest BCUT2D eigenvalue weighted by Crippen LogP contribution is -2.24. The minimum Gasteiger partial charge on any atom is -0.375 e. The summed E-state index contributed by atoms with van der Waals surface area (Å²) in [5.41, 5.74) is 2.12. The number of nitrogens with one attached hydrogen (secondary N) is 2. The summed E-state index contributed by atoms with van der Waals surface area (Å²) in [6.45, 7) is 0.807. The van der Waals surface area contributed by atoms with E-state index in [0.29, 0.717) is 27.8 Å². The maximum absolute atomic E-state index is 12.1. The summed E-state index contributed by atoms with van der Waals surface area (Å²) in [6.07, 6.45) is 1.48. The number of carbonyl (C=O) groups is 2. The van der Waals surface area contributed by atoms with Gasteiger partial charge in [0.15, 0.2) is 0 Å². The van der Waals surface area contributed by atoms with E-state index in [1.165, 1.54) is 0 Å². The Balaban J connectivity index is 1.56. The lowest BCUT2D eigenvalue weighted by Gasteiger charge is -2.16. The molecule has 1 aliphatic heterocycles.